The Balaban J connectivity index is -0.000000428. The zero-order valence-corrected chi connectivity index (χ0v) is 33.4. The average Bonchev–Trinajstić information content (AvgIpc) is 3.15. The first-order valence-electron chi connectivity index (χ1n) is 11.3. The summed E-state index contributed by atoms with van der Waals surface area (Å²) in [5, 5.41) is 6.46. The molecule has 184 valence electrons. The fraction of sp³-hybridized carbons (Fsp3) is 0.667. The molecule has 0 bridgehead atoms. The van der Waals surface area contributed by atoms with Gasteiger partial charge in [0.25, 0.3) is 0 Å². The van der Waals surface area contributed by atoms with Gasteiger partial charge in [-0.25, -0.2) is 22.5 Å². The molecule has 2 aliphatic carbocycles. The van der Waals surface area contributed by atoms with Crippen LogP contribution in [0, 0.1) is 12.2 Å². The summed E-state index contributed by atoms with van der Waals surface area (Å²) in [6.07, 6.45) is 14.3. The van der Waals surface area contributed by atoms with E-state index in [-0.39, 0.29) is 30.3 Å². The molecular formula is C24H48Cl2HfSi5-2. The maximum Gasteiger partial charge on any atom is -1.00 e. The van der Waals surface area contributed by atoms with E-state index in [0.29, 0.717) is 0 Å². The maximum absolute atomic E-state index is 3.57. The standard InChI is InChI=1S/2C11H21Si2.C2H6Si.2ClH.Hf/c2*1-12(2,3)10-7-8-11(9-10)13(4,5)6;1-3-2;;;/h2*9H,7H2,1-6H3;1-2H3;2*1H;/q2*-1;;;;+2/p-2. The van der Waals surface area contributed by atoms with Gasteiger partial charge in [-0.3, -0.25) is 12.2 Å². The van der Waals surface area contributed by atoms with Gasteiger partial charge in [-0.2, -0.15) is 10.4 Å². The van der Waals surface area contributed by atoms with Gasteiger partial charge in [0.1, 0.15) is 0 Å². The zero-order valence-electron chi connectivity index (χ0n) is 23.3. The number of allylic oxidation sites excluding steroid dienone is 8. The van der Waals surface area contributed by atoms with E-state index in [0.717, 1.165) is 12.8 Å². The molecule has 0 spiro atoms. The Labute approximate surface area is 233 Å². The van der Waals surface area contributed by atoms with Gasteiger partial charge in [-0.05, 0) is 0 Å². The summed E-state index contributed by atoms with van der Waals surface area (Å²) in [6.45, 7) is 33.6. The molecule has 0 nitrogen and oxygen atoms in total. The molecule has 0 heterocycles. The summed E-state index contributed by atoms with van der Waals surface area (Å²) in [4.78, 5) is 0. The predicted molar refractivity (Wildman–Crippen MR) is 150 cm³/mol. The first-order valence-corrected chi connectivity index (χ1v) is 33.2. The average molecular weight is 726 g/mol. The molecule has 0 N–H and O–H groups in total. The third kappa shape index (κ3) is 15.5. The van der Waals surface area contributed by atoms with Crippen molar-refractivity contribution in [2.75, 3.05) is 0 Å². The molecule has 0 saturated heterocycles. The minimum Gasteiger partial charge on any atom is -1.00 e. The second kappa shape index (κ2) is 14.9. The topological polar surface area (TPSA) is 0 Å². The van der Waals surface area contributed by atoms with Crippen LogP contribution >= 0.6 is 0 Å². The molecular weight excluding hydrogens is 678 g/mol. The molecule has 0 unspecified atom stereocenters. The fourth-order valence-electron chi connectivity index (χ4n) is 2.86. The van der Waals surface area contributed by atoms with E-state index in [2.05, 4.69) is 116 Å². The summed E-state index contributed by atoms with van der Waals surface area (Å²) in [7, 11) is -4.28. The van der Waals surface area contributed by atoms with Crippen molar-refractivity contribution in [1.82, 2.24) is 0 Å². The largest absolute Gasteiger partial charge is 1.00 e. The number of hydrogen-bond acceptors (Lipinski definition) is 0. The Bertz CT molecular complexity index is 676. The van der Waals surface area contributed by atoms with Gasteiger partial charge >= 0.3 is 41.6 Å². The maximum atomic E-state index is 3.57. The summed E-state index contributed by atoms with van der Waals surface area (Å²) in [5.41, 5.74) is 0.259. The normalized spacial score (nSPS) is 16.0. The first-order chi connectivity index (χ1) is 13.2. The second-order valence-corrected chi connectivity index (χ2v) is 46.0. The molecule has 32 heavy (non-hydrogen) atoms. The minimum atomic E-state index is -1.09. The Hall–Kier alpha value is 1.49. The van der Waals surface area contributed by atoms with Crippen molar-refractivity contribution in [3.63, 3.8) is 0 Å². The van der Waals surface area contributed by atoms with E-state index in [1.165, 1.54) is 23.0 Å². The van der Waals surface area contributed by atoms with Crippen molar-refractivity contribution >= 4 is 37.8 Å². The van der Waals surface area contributed by atoms with Gasteiger partial charge in [-0.15, -0.1) is 12.8 Å². The van der Waals surface area contributed by atoms with Crippen LogP contribution in [-0.2, 0) is 23.0 Å². The molecule has 0 radical (unpaired) electrons. The van der Waals surface area contributed by atoms with E-state index in [4.69, 9.17) is 0 Å². The van der Waals surface area contributed by atoms with Crippen LogP contribution in [0.3, 0.4) is 0 Å². The van der Waals surface area contributed by atoms with Crippen molar-refractivity contribution in [3.05, 3.63) is 45.1 Å². The molecule has 0 aromatic carbocycles. The Morgan fingerprint density at radius 3 is 0.906 bits per heavy atom. The number of halogens is 2. The summed E-state index contributed by atoms with van der Waals surface area (Å²) < 4.78 is 0. The van der Waals surface area contributed by atoms with Crippen LogP contribution in [0.1, 0.15) is 12.8 Å². The molecule has 0 aromatic rings. The van der Waals surface area contributed by atoms with Crippen LogP contribution in [0.15, 0.2) is 32.9 Å². The van der Waals surface area contributed by atoms with Gasteiger partial charge in [0.2, 0.25) is 0 Å². The molecule has 0 amide bonds. The van der Waals surface area contributed by atoms with Crippen LogP contribution in [0.25, 0.3) is 0 Å². The summed E-state index contributed by atoms with van der Waals surface area (Å²) in [6, 6.07) is 0. The molecule has 0 fully saturated rings. The van der Waals surface area contributed by atoms with Gasteiger partial charge in [0.15, 0.2) is 0 Å². The van der Waals surface area contributed by atoms with E-state index in [9.17, 15) is 0 Å². The van der Waals surface area contributed by atoms with Crippen molar-refractivity contribution in [1.29, 1.82) is 0 Å². The van der Waals surface area contributed by atoms with E-state index < -0.39 is 32.3 Å². The Morgan fingerprint density at radius 2 is 0.812 bits per heavy atom. The SMILES string of the molecule is C[Si](C)(C)C1=[C-]CC([Si](C)(C)C)=C1.C[Si](C)(C)C1=[C-]CC([Si](C)(C)C)=C1.C[Si](C)=[Hf+2].[Cl-].[Cl-]. The van der Waals surface area contributed by atoms with Crippen LogP contribution in [0.4, 0.5) is 0 Å². The molecule has 0 atom stereocenters. The van der Waals surface area contributed by atoms with E-state index in [1.54, 1.807) is 20.8 Å². The van der Waals surface area contributed by atoms with Crippen molar-refractivity contribution in [3.8, 4) is 0 Å². The first kappa shape index (κ1) is 38.0. The molecule has 2 aliphatic rings. The van der Waals surface area contributed by atoms with Gasteiger partial charge in [0, 0.05) is 16.1 Å². The second-order valence-electron chi connectivity index (χ2n) is 12.9. The van der Waals surface area contributed by atoms with Gasteiger partial charge in [-0.1, -0.05) is 78.6 Å². The van der Waals surface area contributed by atoms with Crippen LogP contribution in [0.5, 0.6) is 0 Å². The molecule has 0 aliphatic heterocycles. The van der Waals surface area contributed by atoms with E-state index >= 15 is 0 Å². The minimum absolute atomic E-state index is 0. The van der Waals surface area contributed by atoms with E-state index in [1.807, 2.05) is 0 Å². The zero-order chi connectivity index (χ0) is 24.1. The van der Waals surface area contributed by atoms with Crippen molar-refractivity contribution in [2.45, 2.75) is 104 Å². The summed E-state index contributed by atoms with van der Waals surface area (Å²) >= 11 is 1.45. The summed E-state index contributed by atoms with van der Waals surface area (Å²) in [5.74, 6) is 0. The Kier molecular flexibility index (Phi) is 17.7. The number of hydrogen-bond donors (Lipinski definition) is 0. The van der Waals surface area contributed by atoms with Crippen LogP contribution in [0.2, 0.25) is 91.7 Å². The van der Waals surface area contributed by atoms with Crippen LogP contribution < -0.4 is 24.8 Å². The van der Waals surface area contributed by atoms with Gasteiger partial charge < -0.3 is 24.8 Å². The Morgan fingerprint density at radius 1 is 0.594 bits per heavy atom. The van der Waals surface area contributed by atoms with Gasteiger partial charge in [0.05, 0.1) is 16.1 Å². The monoisotopic (exact) mass is 726 g/mol. The number of rotatable bonds is 4. The molecule has 0 saturated carbocycles. The molecule has 2 rings (SSSR count). The predicted octanol–water partition coefficient (Wildman–Crippen LogP) is 2.39. The quantitative estimate of drug-likeness (QED) is 0.309. The smallest absolute Gasteiger partial charge is 1.00 e. The van der Waals surface area contributed by atoms with Crippen molar-refractivity contribution < 1.29 is 47.8 Å². The third-order valence-electron chi connectivity index (χ3n) is 5.12. The van der Waals surface area contributed by atoms with Crippen molar-refractivity contribution in [2.24, 2.45) is 0 Å². The fourth-order valence-corrected chi connectivity index (χ4v) is 7.99. The molecule has 8 heteroatoms. The molecule has 0 aromatic heterocycles. The van der Waals surface area contributed by atoms with Crippen LogP contribution in [-0.4, -0.2) is 37.8 Å². The third-order valence-corrected chi connectivity index (χ3v) is 13.5.